The van der Waals surface area contributed by atoms with Crippen molar-refractivity contribution in [2.75, 3.05) is 27.2 Å². The van der Waals surface area contributed by atoms with E-state index in [1.165, 1.54) is 38.8 Å². The summed E-state index contributed by atoms with van der Waals surface area (Å²) in [5.74, 6) is 0. The van der Waals surface area contributed by atoms with Gasteiger partial charge in [0.25, 0.3) is 0 Å². The topological polar surface area (TPSA) is 26.7 Å². The minimum absolute atomic E-state index is 0.0813. The van der Waals surface area contributed by atoms with Crippen molar-refractivity contribution in [3.63, 3.8) is 0 Å². The molecule has 1 aliphatic heterocycles. The predicted octanol–water partition coefficient (Wildman–Crippen LogP) is 0.926. The number of hydrogen-bond acceptors (Lipinski definition) is 3. The molecule has 0 spiro atoms. The molecule has 3 heteroatoms. The maximum absolute atomic E-state index is 9.90. The van der Waals surface area contributed by atoms with Crippen LogP contribution in [0.5, 0.6) is 0 Å². The Balaban J connectivity index is 1.91. The van der Waals surface area contributed by atoms with Crippen LogP contribution in [0.3, 0.4) is 0 Å². The van der Waals surface area contributed by atoms with Gasteiger partial charge in [-0.1, -0.05) is 0 Å². The number of nitrogens with zero attached hydrogens (tertiary/aromatic N) is 2. The van der Waals surface area contributed by atoms with Crippen LogP contribution in [-0.2, 0) is 0 Å². The SMILES string of the molecule is CN1CCCC(N(C)[C@H]2CCC[C@@H]2O)C1. The first kappa shape index (κ1) is 11.4. The quantitative estimate of drug-likeness (QED) is 0.737. The molecule has 15 heavy (non-hydrogen) atoms. The van der Waals surface area contributed by atoms with Crippen LogP contribution in [0.15, 0.2) is 0 Å². The van der Waals surface area contributed by atoms with Crippen LogP contribution in [0.4, 0.5) is 0 Å². The third-order valence-electron chi connectivity index (χ3n) is 4.14. The van der Waals surface area contributed by atoms with Gasteiger partial charge in [-0.3, -0.25) is 4.90 Å². The molecule has 3 atom stereocenters. The predicted molar refractivity (Wildman–Crippen MR) is 61.9 cm³/mol. The summed E-state index contributed by atoms with van der Waals surface area (Å²) >= 11 is 0. The van der Waals surface area contributed by atoms with E-state index in [4.69, 9.17) is 0 Å². The van der Waals surface area contributed by atoms with Gasteiger partial charge in [0.15, 0.2) is 0 Å². The average molecular weight is 212 g/mol. The summed E-state index contributed by atoms with van der Waals surface area (Å²) in [5, 5.41) is 9.90. The first-order valence-electron chi connectivity index (χ1n) is 6.27. The van der Waals surface area contributed by atoms with Gasteiger partial charge in [-0.25, -0.2) is 0 Å². The number of likely N-dealkylation sites (tertiary alicyclic amines) is 1. The van der Waals surface area contributed by atoms with Gasteiger partial charge in [-0.15, -0.1) is 0 Å². The summed E-state index contributed by atoms with van der Waals surface area (Å²) in [6.07, 6.45) is 5.88. The van der Waals surface area contributed by atoms with Crippen LogP contribution in [0.25, 0.3) is 0 Å². The number of rotatable bonds is 2. The van der Waals surface area contributed by atoms with E-state index in [0.717, 1.165) is 6.42 Å². The van der Waals surface area contributed by atoms with Crippen LogP contribution in [-0.4, -0.2) is 60.3 Å². The Labute approximate surface area is 93.1 Å². The van der Waals surface area contributed by atoms with Crippen molar-refractivity contribution >= 4 is 0 Å². The third-order valence-corrected chi connectivity index (χ3v) is 4.14. The molecule has 1 saturated heterocycles. The fourth-order valence-electron chi connectivity index (χ4n) is 3.14. The third kappa shape index (κ3) is 2.52. The van der Waals surface area contributed by atoms with E-state index in [0.29, 0.717) is 12.1 Å². The van der Waals surface area contributed by atoms with Crippen molar-refractivity contribution in [3.05, 3.63) is 0 Å². The van der Waals surface area contributed by atoms with Crippen molar-refractivity contribution in [1.82, 2.24) is 9.80 Å². The molecule has 0 aromatic carbocycles. The highest BCUT2D eigenvalue weighted by molar-refractivity contribution is 4.89. The molecular weight excluding hydrogens is 188 g/mol. The van der Waals surface area contributed by atoms with E-state index in [1.54, 1.807) is 0 Å². The maximum Gasteiger partial charge on any atom is 0.0695 e. The van der Waals surface area contributed by atoms with Crippen LogP contribution in [0, 0.1) is 0 Å². The smallest absolute Gasteiger partial charge is 0.0695 e. The first-order valence-corrected chi connectivity index (χ1v) is 6.27. The highest BCUT2D eigenvalue weighted by Gasteiger charge is 2.33. The van der Waals surface area contributed by atoms with Gasteiger partial charge in [-0.05, 0) is 52.7 Å². The normalized spacial score (nSPS) is 38.8. The molecule has 1 aliphatic carbocycles. The van der Waals surface area contributed by atoms with Crippen molar-refractivity contribution in [3.8, 4) is 0 Å². The molecule has 0 radical (unpaired) electrons. The second kappa shape index (κ2) is 4.81. The van der Waals surface area contributed by atoms with Gasteiger partial charge in [0, 0.05) is 18.6 Å². The van der Waals surface area contributed by atoms with Crippen LogP contribution in [0.1, 0.15) is 32.1 Å². The number of aliphatic hydroxyl groups excluding tert-OH is 1. The fourth-order valence-corrected chi connectivity index (χ4v) is 3.14. The van der Waals surface area contributed by atoms with Crippen molar-refractivity contribution < 1.29 is 5.11 Å². The summed E-state index contributed by atoms with van der Waals surface area (Å²) in [5.41, 5.74) is 0. The zero-order chi connectivity index (χ0) is 10.8. The molecule has 1 N–H and O–H groups in total. The fraction of sp³-hybridized carbons (Fsp3) is 1.00. The Morgan fingerprint density at radius 2 is 2.00 bits per heavy atom. The molecule has 0 aromatic rings. The lowest BCUT2D eigenvalue weighted by Crippen LogP contribution is -2.50. The van der Waals surface area contributed by atoms with E-state index >= 15 is 0 Å². The molecule has 0 bridgehead atoms. The van der Waals surface area contributed by atoms with Crippen molar-refractivity contribution in [1.29, 1.82) is 0 Å². The van der Waals surface area contributed by atoms with Gasteiger partial charge in [0.1, 0.15) is 0 Å². The summed E-state index contributed by atoms with van der Waals surface area (Å²) in [6, 6.07) is 1.07. The van der Waals surface area contributed by atoms with Gasteiger partial charge in [0.2, 0.25) is 0 Å². The van der Waals surface area contributed by atoms with E-state index in [-0.39, 0.29) is 6.10 Å². The summed E-state index contributed by atoms with van der Waals surface area (Å²) in [7, 11) is 4.40. The van der Waals surface area contributed by atoms with E-state index < -0.39 is 0 Å². The maximum atomic E-state index is 9.90. The molecule has 2 fully saturated rings. The molecule has 2 rings (SSSR count). The number of piperidine rings is 1. The second-order valence-corrected chi connectivity index (χ2v) is 5.29. The van der Waals surface area contributed by atoms with E-state index in [2.05, 4.69) is 23.9 Å². The van der Waals surface area contributed by atoms with Gasteiger partial charge < -0.3 is 10.0 Å². The van der Waals surface area contributed by atoms with Gasteiger partial charge in [0.05, 0.1) is 6.10 Å². The summed E-state index contributed by atoms with van der Waals surface area (Å²) in [6.45, 7) is 2.40. The lowest BCUT2D eigenvalue weighted by Gasteiger charge is -2.39. The summed E-state index contributed by atoms with van der Waals surface area (Å²) in [4.78, 5) is 4.85. The number of likely N-dealkylation sites (N-methyl/N-ethyl adjacent to an activating group) is 2. The molecule has 2 aliphatic rings. The lowest BCUT2D eigenvalue weighted by molar-refractivity contribution is 0.0370. The Morgan fingerprint density at radius 1 is 1.20 bits per heavy atom. The number of aliphatic hydroxyl groups is 1. The highest BCUT2D eigenvalue weighted by Crippen LogP contribution is 2.26. The van der Waals surface area contributed by atoms with Gasteiger partial charge in [-0.2, -0.15) is 0 Å². The highest BCUT2D eigenvalue weighted by atomic mass is 16.3. The average Bonchev–Trinajstić information content (AvgIpc) is 2.63. The zero-order valence-electron chi connectivity index (χ0n) is 10.0. The molecular formula is C12H24N2O. The Morgan fingerprint density at radius 3 is 2.60 bits per heavy atom. The van der Waals surface area contributed by atoms with Gasteiger partial charge >= 0.3 is 0 Å². The van der Waals surface area contributed by atoms with Crippen LogP contribution < -0.4 is 0 Å². The zero-order valence-corrected chi connectivity index (χ0v) is 10.0. The molecule has 88 valence electrons. The minimum Gasteiger partial charge on any atom is -0.391 e. The molecule has 1 unspecified atom stereocenters. The molecule has 0 aromatic heterocycles. The largest absolute Gasteiger partial charge is 0.391 e. The van der Waals surface area contributed by atoms with Crippen molar-refractivity contribution in [2.45, 2.75) is 50.3 Å². The first-order chi connectivity index (χ1) is 7.18. The number of hydrogen-bond donors (Lipinski definition) is 1. The monoisotopic (exact) mass is 212 g/mol. The van der Waals surface area contributed by atoms with E-state index in [1.807, 2.05) is 0 Å². The molecule has 3 nitrogen and oxygen atoms in total. The molecule has 1 heterocycles. The standard InChI is InChI=1S/C12H24N2O/c1-13-8-4-5-10(9-13)14(2)11-6-3-7-12(11)15/h10-12,15H,3-9H2,1-2H3/t10?,11-,12-/m0/s1. The molecule has 1 saturated carbocycles. The van der Waals surface area contributed by atoms with Crippen molar-refractivity contribution in [2.24, 2.45) is 0 Å². The Hall–Kier alpha value is -0.120. The Kier molecular flexibility index (Phi) is 3.65. The second-order valence-electron chi connectivity index (χ2n) is 5.29. The molecule has 0 amide bonds. The lowest BCUT2D eigenvalue weighted by atomic mass is 10.0. The van der Waals surface area contributed by atoms with Crippen LogP contribution in [0.2, 0.25) is 0 Å². The van der Waals surface area contributed by atoms with E-state index in [9.17, 15) is 5.11 Å². The minimum atomic E-state index is -0.0813. The Bertz CT molecular complexity index is 210. The van der Waals surface area contributed by atoms with Crippen LogP contribution >= 0.6 is 0 Å². The summed E-state index contributed by atoms with van der Waals surface area (Å²) < 4.78 is 0.